The second-order valence-electron chi connectivity index (χ2n) is 15.3. The zero-order valence-electron chi connectivity index (χ0n) is 31.5. The molecule has 292 valence electrons. The van der Waals surface area contributed by atoms with Crippen LogP contribution in [0.5, 0.6) is 11.5 Å². The van der Waals surface area contributed by atoms with Crippen LogP contribution in [0.1, 0.15) is 80.1 Å². The lowest BCUT2D eigenvalue weighted by Gasteiger charge is -2.33. The number of hydrogen-bond donors (Lipinski definition) is 2. The zero-order chi connectivity index (χ0) is 38.6. The highest BCUT2D eigenvalue weighted by Gasteiger charge is 2.28. The Morgan fingerprint density at radius 1 is 0.673 bits per heavy atom. The summed E-state index contributed by atoms with van der Waals surface area (Å²) in [6.45, 7) is 16.6. The maximum atomic E-state index is 12.0. The number of benzene rings is 2. The SMILES string of the molecule is CC(C)(C)OC(=O)N1CCC(Br)CC1.CC(C)(C)OC(=O)N1CCC(Sc2ccc(O)cc2Cl)CC1.CN1CCC(Sc2ccc(O)cc2Cl)CC1. The van der Waals surface area contributed by atoms with E-state index in [2.05, 4.69) is 27.9 Å². The van der Waals surface area contributed by atoms with E-state index in [1.165, 1.54) is 12.8 Å². The third-order valence-corrected chi connectivity index (χ3v) is 12.8. The van der Waals surface area contributed by atoms with Gasteiger partial charge in [0, 0.05) is 51.3 Å². The molecule has 0 bridgehead atoms. The second-order valence-corrected chi connectivity index (χ2v) is 20.1. The number of piperidine rings is 3. The normalized spacial score (nSPS) is 18.1. The summed E-state index contributed by atoms with van der Waals surface area (Å²) in [7, 11) is 2.16. The summed E-state index contributed by atoms with van der Waals surface area (Å²) >= 11 is 19.3. The van der Waals surface area contributed by atoms with Crippen LogP contribution in [0.2, 0.25) is 10.0 Å². The van der Waals surface area contributed by atoms with Gasteiger partial charge in [0.15, 0.2) is 0 Å². The number of phenolic OH excluding ortho intramolecular Hbond substituents is 2. The lowest BCUT2D eigenvalue weighted by molar-refractivity contribution is 0.0209. The van der Waals surface area contributed by atoms with Crippen molar-refractivity contribution in [2.24, 2.45) is 0 Å². The van der Waals surface area contributed by atoms with E-state index in [9.17, 15) is 19.8 Å². The molecule has 14 heteroatoms. The molecule has 0 aromatic heterocycles. The molecule has 0 radical (unpaired) electrons. The van der Waals surface area contributed by atoms with E-state index in [1.54, 1.807) is 45.8 Å². The van der Waals surface area contributed by atoms with Gasteiger partial charge in [-0.2, -0.15) is 0 Å². The van der Waals surface area contributed by atoms with Crippen LogP contribution < -0.4 is 0 Å². The van der Waals surface area contributed by atoms with Crippen LogP contribution in [0, 0.1) is 0 Å². The number of carbonyl (C=O) groups excluding carboxylic acids is 2. The third-order valence-electron chi connectivity index (χ3n) is 8.25. The van der Waals surface area contributed by atoms with Gasteiger partial charge in [-0.25, -0.2) is 9.59 Å². The van der Waals surface area contributed by atoms with Gasteiger partial charge in [-0.1, -0.05) is 39.1 Å². The Labute approximate surface area is 337 Å². The molecule has 0 spiro atoms. The molecule has 3 aliphatic rings. The Morgan fingerprint density at radius 3 is 1.37 bits per heavy atom. The van der Waals surface area contributed by atoms with Crippen LogP contribution in [0.25, 0.3) is 0 Å². The van der Waals surface area contributed by atoms with Crippen molar-refractivity contribution in [3.8, 4) is 11.5 Å². The topological polar surface area (TPSA) is 103 Å². The fourth-order valence-corrected chi connectivity index (χ4v) is 8.75. The van der Waals surface area contributed by atoms with Crippen LogP contribution in [-0.4, -0.2) is 110 Å². The number of aromatic hydroxyl groups is 2. The van der Waals surface area contributed by atoms with E-state index in [0.29, 0.717) is 38.5 Å². The number of ether oxygens (including phenoxy) is 2. The van der Waals surface area contributed by atoms with Gasteiger partial charge in [0.25, 0.3) is 0 Å². The smallest absolute Gasteiger partial charge is 0.410 e. The molecule has 2 amide bonds. The Balaban J connectivity index is 0.000000217. The van der Waals surface area contributed by atoms with Gasteiger partial charge in [0.1, 0.15) is 22.7 Å². The van der Waals surface area contributed by atoms with Crippen molar-refractivity contribution in [3.05, 3.63) is 46.4 Å². The Bertz CT molecular complexity index is 1440. The quantitative estimate of drug-likeness (QED) is 0.291. The van der Waals surface area contributed by atoms with Crippen molar-refractivity contribution >= 4 is 74.8 Å². The molecule has 5 rings (SSSR count). The number of nitrogens with zero attached hydrogens (tertiary/aromatic N) is 3. The molecule has 3 heterocycles. The minimum atomic E-state index is -0.456. The standard InChI is InChI=1S/C16H22ClNO3S.C12H16ClNOS.C10H18BrNO2/c1-16(2,3)21-15(20)18-8-6-12(7-9-18)22-14-5-4-11(19)10-13(14)17;1-14-6-4-10(5-7-14)16-12-3-2-9(15)8-11(12)13;1-10(2,3)14-9(13)12-6-4-8(11)5-7-12/h4-5,10,12,19H,6-9H2,1-3H3;2-3,8,10,15H,4-7H2,1H3;8H,4-7H2,1-3H3. The van der Waals surface area contributed by atoms with Crippen LogP contribution in [-0.2, 0) is 9.47 Å². The van der Waals surface area contributed by atoms with E-state index in [1.807, 2.05) is 65.4 Å². The molecule has 52 heavy (non-hydrogen) atoms. The molecule has 0 aliphatic carbocycles. The van der Waals surface area contributed by atoms with Crippen molar-refractivity contribution in [1.82, 2.24) is 14.7 Å². The highest BCUT2D eigenvalue weighted by Crippen LogP contribution is 2.37. The Morgan fingerprint density at radius 2 is 1.02 bits per heavy atom. The first kappa shape index (κ1) is 44.7. The molecular weight excluding hydrogens is 809 g/mol. The molecular formula is C38H56BrCl2N3O6S2. The van der Waals surface area contributed by atoms with Crippen molar-refractivity contribution in [1.29, 1.82) is 0 Å². The summed E-state index contributed by atoms with van der Waals surface area (Å²) in [4.78, 5) is 32.1. The van der Waals surface area contributed by atoms with Crippen LogP contribution in [0.3, 0.4) is 0 Å². The molecule has 0 unspecified atom stereocenters. The number of hydrogen-bond acceptors (Lipinski definition) is 9. The lowest BCUT2D eigenvalue weighted by atomic mass is 10.1. The summed E-state index contributed by atoms with van der Waals surface area (Å²) in [5, 5.41) is 21.0. The fourth-order valence-electron chi connectivity index (χ4n) is 5.47. The molecule has 2 aromatic carbocycles. The highest BCUT2D eigenvalue weighted by molar-refractivity contribution is 9.09. The van der Waals surface area contributed by atoms with Crippen LogP contribution in [0.4, 0.5) is 9.59 Å². The number of phenols is 2. The summed E-state index contributed by atoms with van der Waals surface area (Å²) < 4.78 is 10.7. The van der Waals surface area contributed by atoms with Crippen molar-refractivity contribution < 1.29 is 29.3 Å². The Kier molecular flexibility index (Phi) is 17.9. The molecule has 0 saturated carbocycles. The van der Waals surface area contributed by atoms with Crippen molar-refractivity contribution in [3.63, 3.8) is 0 Å². The maximum absolute atomic E-state index is 12.0. The summed E-state index contributed by atoms with van der Waals surface area (Å²) in [5.74, 6) is 0.409. The number of likely N-dealkylation sites (tertiary alicyclic amines) is 3. The summed E-state index contributed by atoms with van der Waals surface area (Å²) in [6.07, 6.45) is 5.83. The minimum absolute atomic E-state index is 0.175. The van der Waals surface area contributed by atoms with Crippen molar-refractivity contribution in [2.75, 3.05) is 46.3 Å². The minimum Gasteiger partial charge on any atom is -0.508 e. The van der Waals surface area contributed by atoms with Gasteiger partial charge in [0.2, 0.25) is 0 Å². The molecule has 3 saturated heterocycles. The molecule has 3 aliphatic heterocycles. The number of amides is 2. The molecule has 3 fully saturated rings. The van der Waals surface area contributed by atoms with Gasteiger partial charge in [-0.3, -0.25) is 0 Å². The number of rotatable bonds is 4. The fraction of sp³-hybridized carbons (Fsp3) is 0.632. The maximum Gasteiger partial charge on any atom is 0.410 e. The number of thioether (sulfide) groups is 2. The summed E-state index contributed by atoms with van der Waals surface area (Å²) in [5.41, 5.74) is -0.843. The molecule has 9 nitrogen and oxygen atoms in total. The number of halogens is 3. The molecule has 2 aromatic rings. The van der Waals surface area contributed by atoms with Crippen LogP contribution >= 0.6 is 62.7 Å². The first-order chi connectivity index (χ1) is 24.3. The van der Waals surface area contributed by atoms with E-state index in [-0.39, 0.29) is 29.3 Å². The largest absolute Gasteiger partial charge is 0.508 e. The predicted molar refractivity (Wildman–Crippen MR) is 219 cm³/mol. The van der Waals surface area contributed by atoms with Crippen molar-refractivity contribution in [2.45, 2.75) is 116 Å². The van der Waals surface area contributed by atoms with Gasteiger partial charge < -0.3 is 34.4 Å². The first-order valence-corrected chi connectivity index (χ1v) is 21.3. The lowest BCUT2D eigenvalue weighted by Crippen LogP contribution is -2.42. The van der Waals surface area contributed by atoms with Gasteiger partial charge in [0.05, 0.1) is 10.0 Å². The summed E-state index contributed by atoms with van der Waals surface area (Å²) in [6, 6.07) is 10.2. The van der Waals surface area contributed by atoms with E-state index < -0.39 is 5.60 Å². The predicted octanol–water partition coefficient (Wildman–Crippen LogP) is 10.5. The monoisotopic (exact) mass is 863 g/mol. The number of carbonyl (C=O) groups is 2. The third kappa shape index (κ3) is 16.8. The van der Waals surface area contributed by atoms with E-state index in [0.717, 1.165) is 61.7 Å². The second kappa shape index (κ2) is 20.8. The number of alkyl halides is 1. The van der Waals surface area contributed by atoms with Gasteiger partial charge in [-0.05, 0) is 137 Å². The van der Waals surface area contributed by atoms with E-state index in [4.69, 9.17) is 32.7 Å². The highest BCUT2D eigenvalue weighted by atomic mass is 79.9. The van der Waals surface area contributed by atoms with Gasteiger partial charge in [-0.15, -0.1) is 23.5 Å². The Hall–Kier alpha value is -1.70. The molecule has 0 atom stereocenters. The molecule has 2 N–H and O–H groups in total. The van der Waals surface area contributed by atoms with Gasteiger partial charge >= 0.3 is 12.2 Å². The first-order valence-electron chi connectivity index (χ1n) is 17.9. The average Bonchev–Trinajstić information content (AvgIpc) is 3.04. The zero-order valence-corrected chi connectivity index (χ0v) is 36.2. The van der Waals surface area contributed by atoms with E-state index >= 15 is 0 Å². The average molecular weight is 866 g/mol. The van der Waals surface area contributed by atoms with Crippen LogP contribution in [0.15, 0.2) is 46.2 Å².